The summed E-state index contributed by atoms with van der Waals surface area (Å²) in [5.41, 5.74) is 0.888. The van der Waals surface area contributed by atoms with E-state index in [0.29, 0.717) is 0 Å². The van der Waals surface area contributed by atoms with Crippen LogP contribution in [0.1, 0.15) is 32.6 Å². The van der Waals surface area contributed by atoms with E-state index < -0.39 is 8.80 Å². The molecule has 3 rings (SSSR count). The molecule has 0 amide bonds. The van der Waals surface area contributed by atoms with Gasteiger partial charge in [0.25, 0.3) is 0 Å². The summed E-state index contributed by atoms with van der Waals surface area (Å²) >= 11 is 0. The van der Waals surface area contributed by atoms with Gasteiger partial charge in [-0.1, -0.05) is 104 Å². The van der Waals surface area contributed by atoms with Crippen molar-refractivity contribution < 1.29 is 0 Å². The van der Waals surface area contributed by atoms with E-state index in [4.69, 9.17) is 0 Å². The quantitative estimate of drug-likeness (QED) is 0.748. The number of rotatable bonds is 3. The molecule has 103 valence electrons. The molecule has 1 saturated carbocycles. The predicted octanol–water partition coefficient (Wildman–Crippen LogP) is 3.88. The first kappa shape index (κ1) is 13.6. The Morgan fingerprint density at radius 3 is 1.75 bits per heavy atom. The lowest BCUT2D eigenvalue weighted by Crippen LogP contribution is -2.48. The standard InChI is InChI=1S/C19H23Si/c1-16-10-8-9-15-19(16)20(17-11-4-2-5-12-17)18-13-6-3-7-14-18/h2-7,11-14,16,19H,8-10,15H2,1H3/t16-,19+/m1/s1. The molecule has 0 aromatic heterocycles. The Bertz CT molecular complexity index is 480. The Labute approximate surface area is 124 Å². The second kappa shape index (κ2) is 6.40. The molecule has 0 spiro atoms. The van der Waals surface area contributed by atoms with Crippen molar-refractivity contribution in [2.45, 2.75) is 38.1 Å². The molecule has 0 heterocycles. The van der Waals surface area contributed by atoms with E-state index in [0.717, 1.165) is 11.5 Å². The molecule has 0 nitrogen and oxygen atoms in total. The fraction of sp³-hybridized carbons (Fsp3) is 0.368. The fourth-order valence-electron chi connectivity index (χ4n) is 3.58. The maximum absolute atomic E-state index is 2.47. The lowest BCUT2D eigenvalue weighted by atomic mass is 9.90. The van der Waals surface area contributed by atoms with Gasteiger partial charge in [0.05, 0.1) is 0 Å². The van der Waals surface area contributed by atoms with Crippen LogP contribution in [0.5, 0.6) is 0 Å². The number of benzene rings is 2. The Hall–Kier alpha value is -1.34. The summed E-state index contributed by atoms with van der Waals surface area (Å²) in [7, 11) is -0.649. The van der Waals surface area contributed by atoms with Crippen molar-refractivity contribution in [3.8, 4) is 0 Å². The SMILES string of the molecule is C[C@@H]1CCCC[C@@H]1[Si](c1ccccc1)c1ccccc1. The summed E-state index contributed by atoms with van der Waals surface area (Å²) in [5, 5.41) is 3.17. The van der Waals surface area contributed by atoms with Gasteiger partial charge >= 0.3 is 0 Å². The molecule has 0 bridgehead atoms. The Morgan fingerprint density at radius 2 is 1.25 bits per heavy atom. The molecule has 1 fully saturated rings. The molecule has 1 radical (unpaired) electrons. The van der Waals surface area contributed by atoms with Gasteiger partial charge in [0.1, 0.15) is 8.80 Å². The van der Waals surface area contributed by atoms with E-state index >= 15 is 0 Å². The van der Waals surface area contributed by atoms with Crippen molar-refractivity contribution in [2.24, 2.45) is 5.92 Å². The Morgan fingerprint density at radius 1 is 0.750 bits per heavy atom. The highest BCUT2D eigenvalue weighted by atomic mass is 28.3. The van der Waals surface area contributed by atoms with Gasteiger partial charge in [-0.3, -0.25) is 0 Å². The molecule has 2 aromatic rings. The van der Waals surface area contributed by atoms with E-state index in [9.17, 15) is 0 Å². The topological polar surface area (TPSA) is 0 Å². The molecule has 20 heavy (non-hydrogen) atoms. The molecule has 2 atom stereocenters. The average Bonchev–Trinajstić information content (AvgIpc) is 2.52. The van der Waals surface area contributed by atoms with Gasteiger partial charge in [0.2, 0.25) is 0 Å². The van der Waals surface area contributed by atoms with E-state index in [-0.39, 0.29) is 0 Å². The van der Waals surface area contributed by atoms with E-state index in [2.05, 4.69) is 67.6 Å². The van der Waals surface area contributed by atoms with Crippen molar-refractivity contribution in [1.82, 2.24) is 0 Å². The minimum atomic E-state index is -0.649. The van der Waals surface area contributed by atoms with Crippen LogP contribution in [0.3, 0.4) is 0 Å². The van der Waals surface area contributed by atoms with Crippen LogP contribution < -0.4 is 10.4 Å². The minimum Gasteiger partial charge on any atom is -0.0628 e. The van der Waals surface area contributed by atoms with Crippen molar-refractivity contribution >= 4 is 19.2 Å². The summed E-state index contributed by atoms with van der Waals surface area (Å²) < 4.78 is 0. The first-order chi connectivity index (χ1) is 9.86. The van der Waals surface area contributed by atoms with Gasteiger partial charge in [-0.15, -0.1) is 0 Å². The van der Waals surface area contributed by atoms with Crippen molar-refractivity contribution in [3.63, 3.8) is 0 Å². The molecule has 0 saturated heterocycles. The molecule has 1 aliphatic rings. The molecule has 1 heteroatoms. The molecule has 2 aromatic carbocycles. The van der Waals surface area contributed by atoms with Crippen molar-refractivity contribution in [2.75, 3.05) is 0 Å². The third-order valence-electron chi connectivity index (χ3n) is 4.65. The monoisotopic (exact) mass is 279 g/mol. The Balaban J connectivity index is 1.99. The smallest absolute Gasteiger partial charge is 0.0628 e. The zero-order valence-corrected chi connectivity index (χ0v) is 13.3. The van der Waals surface area contributed by atoms with Gasteiger partial charge in [-0.05, 0) is 11.5 Å². The summed E-state index contributed by atoms with van der Waals surface area (Å²) in [6.07, 6.45) is 5.68. The summed E-state index contributed by atoms with van der Waals surface area (Å²) in [6, 6.07) is 22.5. The minimum absolute atomic E-state index is 0.649. The second-order valence-electron chi connectivity index (χ2n) is 6.01. The van der Waals surface area contributed by atoms with Crippen molar-refractivity contribution in [1.29, 1.82) is 0 Å². The van der Waals surface area contributed by atoms with Crippen LogP contribution in [-0.2, 0) is 0 Å². The zero-order valence-electron chi connectivity index (χ0n) is 12.3. The second-order valence-corrected chi connectivity index (χ2v) is 8.74. The van der Waals surface area contributed by atoms with Gasteiger partial charge < -0.3 is 0 Å². The van der Waals surface area contributed by atoms with E-state index in [1.54, 1.807) is 10.4 Å². The highest BCUT2D eigenvalue weighted by molar-refractivity contribution is 6.86. The molecular formula is C19H23Si. The molecule has 0 N–H and O–H groups in total. The van der Waals surface area contributed by atoms with Gasteiger partial charge in [-0.25, -0.2) is 0 Å². The first-order valence-electron chi connectivity index (χ1n) is 7.84. The largest absolute Gasteiger partial charge is 0.124 e. The van der Waals surface area contributed by atoms with Gasteiger partial charge in [0.15, 0.2) is 0 Å². The third-order valence-corrected chi connectivity index (χ3v) is 8.16. The molecule has 0 unspecified atom stereocenters. The number of hydrogen-bond acceptors (Lipinski definition) is 0. The summed E-state index contributed by atoms with van der Waals surface area (Å²) in [4.78, 5) is 0. The highest BCUT2D eigenvalue weighted by Gasteiger charge is 2.32. The van der Waals surface area contributed by atoms with Gasteiger partial charge in [-0.2, -0.15) is 0 Å². The van der Waals surface area contributed by atoms with E-state index in [1.165, 1.54) is 25.7 Å². The number of hydrogen-bond donors (Lipinski definition) is 0. The van der Waals surface area contributed by atoms with Crippen LogP contribution in [0.25, 0.3) is 0 Å². The van der Waals surface area contributed by atoms with Crippen LogP contribution in [0.2, 0.25) is 5.54 Å². The normalized spacial score (nSPS) is 22.9. The summed E-state index contributed by atoms with van der Waals surface area (Å²) in [5.74, 6) is 0.873. The first-order valence-corrected chi connectivity index (χ1v) is 9.41. The Kier molecular flexibility index (Phi) is 4.37. The average molecular weight is 279 g/mol. The lowest BCUT2D eigenvalue weighted by molar-refractivity contribution is 0.382. The van der Waals surface area contributed by atoms with Crippen LogP contribution >= 0.6 is 0 Å². The van der Waals surface area contributed by atoms with Gasteiger partial charge in [0, 0.05) is 0 Å². The van der Waals surface area contributed by atoms with Crippen LogP contribution in [0.15, 0.2) is 60.7 Å². The van der Waals surface area contributed by atoms with E-state index in [1.807, 2.05) is 0 Å². The molecule has 0 aliphatic heterocycles. The predicted molar refractivity (Wildman–Crippen MR) is 89.3 cm³/mol. The molecule has 1 aliphatic carbocycles. The fourth-order valence-corrected chi connectivity index (χ4v) is 7.10. The lowest BCUT2D eigenvalue weighted by Gasteiger charge is -2.34. The third kappa shape index (κ3) is 2.88. The van der Waals surface area contributed by atoms with Crippen LogP contribution in [0.4, 0.5) is 0 Å². The molecular weight excluding hydrogens is 256 g/mol. The zero-order chi connectivity index (χ0) is 13.8. The van der Waals surface area contributed by atoms with Crippen LogP contribution in [-0.4, -0.2) is 8.80 Å². The summed E-state index contributed by atoms with van der Waals surface area (Å²) in [6.45, 7) is 2.47. The highest BCUT2D eigenvalue weighted by Crippen LogP contribution is 2.36. The van der Waals surface area contributed by atoms with Crippen LogP contribution in [0, 0.1) is 5.92 Å². The maximum Gasteiger partial charge on any atom is 0.124 e. The van der Waals surface area contributed by atoms with Crippen molar-refractivity contribution in [3.05, 3.63) is 60.7 Å². The maximum atomic E-state index is 2.47.